The van der Waals surface area contributed by atoms with Gasteiger partial charge in [0.25, 0.3) is 0 Å². The van der Waals surface area contributed by atoms with Gasteiger partial charge in [-0.2, -0.15) is 5.10 Å². The SMILES string of the molecule is CCNC(=NCC(CC(C)C)N(C)C)NCCCn1cccn1.I. The van der Waals surface area contributed by atoms with Gasteiger partial charge in [-0.1, -0.05) is 13.8 Å². The quantitative estimate of drug-likeness (QED) is 0.249. The zero-order valence-corrected chi connectivity index (χ0v) is 18.2. The number of nitrogens with zero attached hydrogens (tertiary/aromatic N) is 4. The Labute approximate surface area is 164 Å². The molecule has 0 radical (unpaired) electrons. The van der Waals surface area contributed by atoms with E-state index in [1.165, 1.54) is 0 Å². The maximum absolute atomic E-state index is 4.75. The average molecular weight is 450 g/mol. The number of hydrogen-bond donors (Lipinski definition) is 2. The van der Waals surface area contributed by atoms with E-state index in [4.69, 9.17) is 4.99 Å². The molecular formula is C17H35IN6. The van der Waals surface area contributed by atoms with Gasteiger partial charge in [0, 0.05) is 38.1 Å². The zero-order valence-electron chi connectivity index (χ0n) is 15.8. The Bertz CT molecular complexity index is 430. The van der Waals surface area contributed by atoms with Crippen molar-refractivity contribution in [1.29, 1.82) is 0 Å². The van der Waals surface area contributed by atoms with Crippen molar-refractivity contribution in [2.45, 2.75) is 46.2 Å². The number of rotatable bonds is 10. The van der Waals surface area contributed by atoms with E-state index in [0.29, 0.717) is 12.0 Å². The summed E-state index contributed by atoms with van der Waals surface area (Å²) in [6, 6.07) is 2.43. The first kappa shape index (κ1) is 23.2. The number of aliphatic imine (C=N–C) groups is 1. The Morgan fingerprint density at radius 1 is 1.29 bits per heavy atom. The summed E-state index contributed by atoms with van der Waals surface area (Å²) < 4.78 is 1.95. The molecule has 0 aliphatic heterocycles. The second-order valence-corrected chi connectivity index (χ2v) is 6.52. The maximum atomic E-state index is 4.75. The van der Waals surface area contributed by atoms with Crippen LogP contribution in [0.5, 0.6) is 0 Å². The Balaban J connectivity index is 0.00000529. The highest BCUT2D eigenvalue weighted by atomic mass is 127. The Morgan fingerprint density at radius 3 is 2.58 bits per heavy atom. The van der Waals surface area contributed by atoms with Crippen molar-refractivity contribution < 1.29 is 0 Å². The summed E-state index contributed by atoms with van der Waals surface area (Å²) in [6.45, 7) is 10.1. The van der Waals surface area contributed by atoms with Crippen LogP contribution in [0.4, 0.5) is 0 Å². The Kier molecular flexibility index (Phi) is 13.0. The number of likely N-dealkylation sites (N-methyl/N-ethyl adjacent to an activating group) is 1. The van der Waals surface area contributed by atoms with Crippen molar-refractivity contribution in [2.24, 2.45) is 10.9 Å². The fourth-order valence-electron chi connectivity index (χ4n) is 2.41. The van der Waals surface area contributed by atoms with Crippen LogP contribution in [0, 0.1) is 5.92 Å². The van der Waals surface area contributed by atoms with Crippen molar-refractivity contribution in [3.8, 4) is 0 Å². The summed E-state index contributed by atoms with van der Waals surface area (Å²) in [4.78, 5) is 7.02. The van der Waals surface area contributed by atoms with Crippen LogP contribution in [0.25, 0.3) is 0 Å². The van der Waals surface area contributed by atoms with E-state index in [0.717, 1.165) is 45.0 Å². The third-order valence-electron chi connectivity index (χ3n) is 3.69. The predicted octanol–water partition coefficient (Wildman–Crippen LogP) is 2.42. The van der Waals surface area contributed by atoms with Crippen molar-refractivity contribution in [1.82, 2.24) is 25.3 Å². The lowest BCUT2D eigenvalue weighted by Gasteiger charge is -2.24. The molecule has 0 bridgehead atoms. The van der Waals surface area contributed by atoms with E-state index in [1.54, 1.807) is 0 Å². The molecule has 0 fully saturated rings. The third kappa shape index (κ3) is 10.1. The first-order valence-corrected chi connectivity index (χ1v) is 8.69. The van der Waals surface area contributed by atoms with Crippen molar-refractivity contribution in [2.75, 3.05) is 33.7 Å². The van der Waals surface area contributed by atoms with E-state index in [9.17, 15) is 0 Å². The third-order valence-corrected chi connectivity index (χ3v) is 3.69. The van der Waals surface area contributed by atoms with Gasteiger partial charge in [-0.3, -0.25) is 9.67 Å². The van der Waals surface area contributed by atoms with Crippen LogP contribution in [-0.4, -0.2) is 60.4 Å². The van der Waals surface area contributed by atoms with Crippen LogP contribution in [0.3, 0.4) is 0 Å². The number of guanidine groups is 1. The molecule has 2 N–H and O–H groups in total. The fraction of sp³-hybridized carbons (Fsp3) is 0.765. The van der Waals surface area contributed by atoms with E-state index >= 15 is 0 Å². The first-order chi connectivity index (χ1) is 11.0. The molecule has 1 unspecified atom stereocenters. The molecule has 1 rings (SSSR count). The van der Waals surface area contributed by atoms with Gasteiger partial charge >= 0.3 is 0 Å². The van der Waals surface area contributed by atoms with Gasteiger partial charge in [0.2, 0.25) is 0 Å². The molecule has 1 aromatic heterocycles. The van der Waals surface area contributed by atoms with Crippen LogP contribution in [0.2, 0.25) is 0 Å². The van der Waals surface area contributed by atoms with Gasteiger partial charge in [0.15, 0.2) is 5.96 Å². The lowest BCUT2D eigenvalue weighted by atomic mass is 10.0. The van der Waals surface area contributed by atoms with Crippen molar-refractivity contribution >= 4 is 29.9 Å². The standard InChI is InChI=1S/C17H34N6.HI/c1-6-18-17(19-9-7-11-23-12-8-10-21-23)20-14-16(22(4)5)13-15(2)3;/h8,10,12,15-16H,6-7,9,11,13-14H2,1-5H3,(H2,18,19,20);1H. The average Bonchev–Trinajstić information content (AvgIpc) is 3.00. The molecule has 1 aromatic rings. The van der Waals surface area contributed by atoms with E-state index in [1.807, 2.05) is 23.1 Å². The monoisotopic (exact) mass is 450 g/mol. The first-order valence-electron chi connectivity index (χ1n) is 8.69. The normalized spacial score (nSPS) is 13.0. The van der Waals surface area contributed by atoms with Crippen LogP contribution in [0.1, 0.15) is 33.6 Å². The van der Waals surface area contributed by atoms with Crippen LogP contribution < -0.4 is 10.6 Å². The molecule has 0 saturated heterocycles. The number of halogens is 1. The maximum Gasteiger partial charge on any atom is 0.191 e. The minimum Gasteiger partial charge on any atom is -0.357 e. The van der Waals surface area contributed by atoms with Crippen molar-refractivity contribution in [3.05, 3.63) is 18.5 Å². The summed E-state index contributed by atoms with van der Waals surface area (Å²) in [5.41, 5.74) is 0. The molecule has 0 amide bonds. The van der Waals surface area contributed by atoms with Gasteiger partial charge in [-0.15, -0.1) is 24.0 Å². The minimum absolute atomic E-state index is 0. The van der Waals surface area contributed by atoms with E-state index in [-0.39, 0.29) is 24.0 Å². The lowest BCUT2D eigenvalue weighted by molar-refractivity contribution is 0.261. The Morgan fingerprint density at radius 2 is 2.04 bits per heavy atom. The molecule has 0 aliphatic carbocycles. The highest BCUT2D eigenvalue weighted by molar-refractivity contribution is 14.0. The van der Waals surface area contributed by atoms with Crippen LogP contribution in [0.15, 0.2) is 23.5 Å². The molecule has 0 aliphatic rings. The molecule has 1 heterocycles. The largest absolute Gasteiger partial charge is 0.357 e. The van der Waals surface area contributed by atoms with Crippen molar-refractivity contribution in [3.63, 3.8) is 0 Å². The molecule has 0 saturated carbocycles. The summed E-state index contributed by atoms with van der Waals surface area (Å²) in [7, 11) is 4.26. The summed E-state index contributed by atoms with van der Waals surface area (Å²) >= 11 is 0. The topological polar surface area (TPSA) is 57.5 Å². The van der Waals surface area contributed by atoms with E-state index < -0.39 is 0 Å². The molecule has 7 heteroatoms. The van der Waals surface area contributed by atoms with E-state index in [2.05, 4.69) is 55.5 Å². The fourth-order valence-corrected chi connectivity index (χ4v) is 2.41. The second-order valence-electron chi connectivity index (χ2n) is 6.52. The Hall–Kier alpha value is -0.830. The molecule has 0 aromatic carbocycles. The van der Waals surface area contributed by atoms with Gasteiger partial charge in [-0.05, 0) is 45.8 Å². The van der Waals surface area contributed by atoms with Crippen LogP contribution in [-0.2, 0) is 6.54 Å². The minimum atomic E-state index is 0. The second kappa shape index (κ2) is 13.5. The highest BCUT2D eigenvalue weighted by Crippen LogP contribution is 2.09. The van der Waals surface area contributed by atoms with Gasteiger partial charge in [-0.25, -0.2) is 0 Å². The number of hydrogen-bond acceptors (Lipinski definition) is 3. The number of aromatic nitrogens is 2. The van der Waals surface area contributed by atoms with Crippen LogP contribution >= 0.6 is 24.0 Å². The van der Waals surface area contributed by atoms with Gasteiger partial charge < -0.3 is 15.5 Å². The molecule has 1 atom stereocenters. The summed E-state index contributed by atoms with van der Waals surface area (Å²) in [5.74, 6) is 1.59. The molecule has 6 nitrogen and oxygen atoms in total. The number of aryl methyl sites for hydroxylation is 1. The predicted molar refractivity (Wildman–Crippen MR) is 113 cm³/mol. The molecule has 0 spiro atoms. The van der Waals surface area contributed by atoms with Gasteiger partial charge in [0.05, 0.1) is 6.54 Å². The number of nitrogens with one attached hydrogen (secondary N) is 2. The summed E-state index contributed by atoms with van der Waals surface area (Å²) in [6.07, 6.45) is 5.99. The lowest BCUT2D eigenvalue weighted by Crippen LogP contribution is -2.40. The van der Waals surface area contributed by atoms with Gasteiger partial charge in [0.1, 0.15) is 0 Å². The highest BCUT2D eigenvalue weighted by Gasteiger charge is 2.13. The molecule has 24 heavy (non-hydrogen) atoms. The molecular weight excluding hydrogens is 415 g/mol. The zero-order chi connectivity index (χ0) is 17.1. The molecule has 140 valence electrons. The smallest absolute Gasteiger partial charge is 0.191 e. The summed E-state index contributed by atoms with van der Waals surface area (Å²) in [5, 5.41) is 10.9.